The van der Waals surface area contributed by atoms with Crippen LogP contribution in [0.15, 0.2) is 24.3 Å². The lowest BCUT2D eigenvalue weighted by molar-refractivity contribution is -0.146. The summed E-state index contributed by atoms with van der Waals surface area (Å²) in [4.78, 5) is 23.3. The largest absolute Gasteiger partial charge is 0.481 e. The zero-order valence-electron chi connectivity index (χ0n) is 12.0. The zero-order chi connectivity index (χ0) is 15.4. The van der Waals surface area contributed by atoms with Gasteiger partial charge in [0.05, 0.1) is 11.8 Å². The number of rotatable bonds is 5. The molecule has 4 nitrogen and oxygen atoms in total. The van der Waals surface area contributed by atoms with E-state index in [0.29, 0.717) is 25.8 Å². The minimum atomic E-state index is -0.898. The van der Waals surface area contributed by atoms with Crippen molar-refractivity contribution in [3.8, 4) is 0 Å². The number of carboxylic acid groups (broad SMARTS) is 1. The molecule has 0 aromatic heterocycles. The van der Waals surface area contributed by atoms with Gasteiger partial charge in [0.15, 0.2) is 0 Å². The molecule has 3 atom stereocenters. The maximum atomic E-state index is 13.0. The molecule has 114 valence electrons. The first-order valence-electron chi connectivity index (χ1n) is 7.22. The molecule has 3 unspecified atom stereocenters. The van der Waals surface area contributed by atoms with E-state index in [1.165, 1.54) is 12.1 Å². The number of benzene rings is 1. The lowest BCUT2D eigenvalue weighted by Crippen LogP contribution is -2.36. The zero-order valence-corrected chi connectivity index (χ0v) is 12.0. The summed E-state index contributed by atoms with van der Waals surface area (Å²) >= 11 is 0. The minimum absolute atomic E-state index is 0.205. The topological polar surface area (TPSA) is 66.4 Å². The van der Waals surface area contributed by atoms with Crippen molar-refractivity contribution < 1.29 is 19.1 Å². The Hall–Kier alpha value is -1.91. The Morgan fingerprint density at radius 1 is 1.33 bits per heavy atom. The van der Waals surface area contributed by atoms with Crippen LogP contribution in [0.25, 0.3) is 0 Å². The molecule has 1 aliphatic rings. The van der Waals surface area contributed by atoms with E-state index >= 15 is 0 Å². The molecule has 0 saturated heterocycles. The van der Waals surface area contributed by atoms with E-state index < -0.39 is 17.8 Å². The van der Waals surface area contributed by atoms with Crippen LogP contribution in [0.2, 0.25) is 0 Å². The van der Waals surface area contributed by atoms with Gasteiger partial charge in [-0.15, -0.1) is 0 Å². The number of halogens is 1. The number of aliphatic carboxylic acids is 1. The molecule has 1 aromatic rings. The third-order valence-electron chi connectivity index (χ3n) is 4.05. The molecule has 2 N–H and O–H groups in total. The number of hydrogen-bond acceptors (Lipinski definition) is 2. The Morgan fingerprint density at radius 3 is 2.71 bits per heavy atom. The fraction of sp³-hybridized carbons (Fsp3) is 0.500. The van der Waals surface area contributed by atoms with Crippen LogP contribution in [-0.4, -0.2) is 23.5 Å². The third kappa shape index (κ3) is 4.03. The van der Waals surface area contributed by atoms with Crippen LogP contribution in [0, 0.1) is 23.6 Å². The van der Waals surface area contributed by atoms with Gasteiger partial charge in [0.1, 0.15) is 5.82 Å². The van der Waals surface area contributed by atoms with Crippen molar-refractivity contribution in [1.29, 1.82) is 0 Å². The van der Waals surface area contributed by atoms with Gasteiger partial charge in [-0.2, -0.15) is 0 Å². The highest BCUT2D eigenvalue weighted by Crippen LogP contribution is 2.36. The maximum absolute atomic E-state index is 13.0. The molecular weight excluding hydrogens is 273 g/mol. The molecule has 2 rings (SSSR count). The third-order valence-corrected chi connectivity index (χ3v) is 4.05. The van der Waals surface area contributed by atoms with E-state index in [-0.39, 0.29) is 17.6 Å². The molecule has 0 spiro atoms. The van der Waals surface area contributed by atoms with Crippen LogP contribution in [0.1, 0.15) is 25.3 Å². The molecule has 0 aliphatic heterocycles. The van der Waals surface area contributed by atoms with Crippen LogP contribution in [0.4, 0.5) is 4.39 Å². The molecule has 21 heavy (non-hydrogen) atoms. The van der Waals surface area contributed by atoms with Crippen LogP contribution in [-0.2, 0) is 16.0 Å². The molecule has 0 radical (unpaired) electrons. The molecule has 1 aromatic carbocycles. The first-order valence-corrected chi connectivity index (χ1v) is 7.22. The Labute approximate surface area is 123 Å². The summed E-state index contributed by atoms with van der Waals surface area (Å²) in [6.07, 6.45) is 1.70. The van der Waals surface area contributed by atoms with Gasteiger partial charge < -0.3 is 10.4 Å². The predicted octanol–water partition coefficient (Wildman–Crippen LogP) is 2.23. The van der Waals surface area contributed by atoms with E-state index in [2.05, 4.69) is 5.32 Å². The normalized spacial score (nSPS) is 24.8. The predicted molar refractivity (Wildman–Crippen MR) is 76.1 cm³/mol. The fourth-order valence-electron chi connectivity index (χ4n) is 3.01. The van der Waals surface area contributed by atoms with Crippen LogP contribution in [0.5, 0.6) is 0 Å². The van der Waals surface area contributed by atoms with Gasteiger partial charge in [-0.1, -0.05) is 19.1 Å². The van der Waals surface area contributed by atoms with Gasteiger partial charge in [-0.3, -0.25) is 9.59 Å². The SMILES string of the molecule is CC1CC(C(=O)O)C(C(=O)NCCc2cccc(F)c2)C1. The second-order valence-corrected chi connectivity index (χ2v) is 5.80. The van der Waals surface area contributed by atoms with E-state index in [9.17, 15) is 14.0 Å². The number of carbonyl (C=O) groups is 2. The highest BCUT2D eigenvalue weighted by molar-refractivity contribution is 5.85. The van der Waals surface area contributed by atoms with Crippen LogP contribution in [0.3, 0.4) is 0 Å². The summed E-state index contributed by atoms with van der Waals surface area (Å²) in [5, 5.41) is 11.9. The number of carboxylic acids is 1. The number of hydrogen-bond donors (Lipinski definition) is 2. The van der Waals surface area contributed by atoms with Crippen molar-refractivity contribution in [1.82, 2.24) is 5.32 Å². The van der Waals surface area contributed by atoms with Crippen molar-refractivity contribution in [2.75, 3.05) is 6.54 Å². The highest BCUT2D eigenvalue weighted by atomic mass is 19.1. The highest BCUT2D eigenvalue weighted by Gasteiger charge is 2.40. The lowest BCUT2D eigenvalue weighted by atomic mass is 9.95. The summed E-state index contributed by atoms with van der Waals surface area (Å²) in [5.74, 6) is -2.19. The second kappa shape index (κ2) is 6.70. The fourth-order valence-corrected chi connectivity index (χ4v) is 3.01. The molecular formula is C16H20FNO3. The van der Waals surface area contributed by atoms with Crippen molar-refractivity contribution in [3.05, 3.63) is 35.6 Å². The standard InChI is InChI=1S/C16H20FNO3/c1-10-7-13(14(8-10)16(20)21)15(19)18-6-5-11-3-2-4-12(17)9-11/h2-4,9-10,13-14H,5-8H2,1H3,(H,18,19)(H,20,21). The first kappa shape index (κ1) is 15.5. The molecule has 0 bridgehead atoms. The number of carbonyl (C=O) groups excluding carboxylic acids is 1. The van der Waals surface area contributed by atoms with Crippen LogP contribution >= 0.6 is 0 Å². The molecule has 1 saturated carbocycles. The van der Waals surface area contributed by atoms with Gasteiger partial charge in [0.2, 0.25) is 5.91 Å². The summed E-state index contributed by atoms with van der Waals surface area (Å²) in [6.45, 7) is 2.36. The van der Waals surface area contributed by atoms with E-state index in [0.717, 1.165) is 5.56 Å². The van der Waals surface area contributed by atoms with E-state index in [1.54, 1.807) is 12.1 Å². The molecule has 1 amide bonds. The summed E-state index contributed by atoms with van der Waals surface area (Å²) in [5.41, 5.74) is 0.810. The van der Waals surface area contributed by atoms with Crippen molar-refractivity contribution in [2.24, 2.45) is 17.8 Å². The monoisotopic (exact) mass is 293 g/mol. The van der Waals surface area contributed by atoms with Gasteiger partial charge in [-0.25, -0.2) is 4.39 Å². The van der Waals surface area contributed by atoms with Gasteiger partial charge in [-0.05, 0) is 42.9 Å². The molecule has 1 aliphatic carbocycles. The minimum Gasteiger partial charge on any atom is -0.481 e. The van der Waals surface area contributed by atoms with Gasteiger partial charge in [0, 0.05) is 6.54 Å². The van der Waals surface area contributed by atoms with Crippen LogP contribution < -0.4 is 5.32 Å². The Morgan fingerprint density at radius 2 is 2.05 bits per heavy atom. The lowest BCUT2D eigenvalue weighted by Gasteiger charge is -2.15. The Balaban J connectivity index is 1.85. The molecule has 1 fully saturated rings. The van der Waals surface area contributed by atoms with Crippen molar-refractivity contribution in [3.63, 3.8) is 0 Å². The van der Waals surface area contributed by atoms with Crippen molar-refractivity contribution in [2.45, 2.75) is 26.2 Å². The smallest absolute Gasteiger partial charge is 0.307 e. The number of nitrogens with one attached hydrogen (secondary N) is 1. The molecule has 0 heterocycles. The summed E-state index contributed by atoms with van der Waals surface area (Å²) < 4.78 is 13.0. The second-order valence-electron chi connectivity index (χ2n) is 5.80. The average Bonchev–Trinajstić information content (AvgIpc) is 2.81. The maximum Gasteiger partial charge on any atom is 0.307 e. The van der Waals surface area contributed by atoms with E-state index in [1.807, 2.05) is 6.92 Å². The first-order chi connectivity index (χ1) is 9.97. The molecule has 5 heteroatoms. The quantitative estimate of drug-likeness (QED) is 0.875. The van der Waals surface area contributed by atoms with E-state index in [4.69, 9.17) is 5.11 Å². The summed E-state index contributed by atoms with van der Waals surface area (Å²) in [7, 11) is 0. The number of amides is 1. The summed E-state index contributed by atoms with van der Waals surface area (Å²) in [6, 6.07) is 6.24. The van der Waals surface area contributed by atoms with Gasteiger partial charge in [0.25, 0.3) is 0 Å². The Kier molecular flexibility index (Phi) is 4.94. The Bertz CT molecular complexity index is 532. The van der Waals surface area contributed by atoms with Crippen molar-refractivity contribution >= 4 is 11.9 Å². The van der Waals surface area contributed by atoms with Gasteiger partial charge >= 0.3 is 5.97 Å². The average molecular weight is 293 g/mol.